The second kappa shape index (κ2) is 6.67. The monoisotopic (exact) mass is 290 g/mol. The third kappa shape index (κ3) is 3.58. The van der Waals surface area contributed by atoms with Gasteiger partial charge in [-0.25, -0.2) is 0 Å². The molecule has 1 aliphatic rings. The first kappa shape index (κ1) is 15.4. The van der Waals surface area contributed by atoms with Crippen LogP contribution in [0.2, 0.25) is 0 Å². The maximum absolute atomic E-state index is 12.4. The first-order valence-electron chi connectivity index (χ1n) is 7.26. The highest BCUT2D eigenvalue weighted by atomic mass is 16.2. The summed E-state index contributed by atoms with van der Waals surface area (Å²) in [5.41, 5.74) is 6.85. The smallest absolute Gasteiger partial charge is 0.254 e. The number of rotatable bonds is 3. The molecule has 6 nitrogen and oxygen atoms in total. The van der Waals surface area contributed by atoms with Gasteiger partial charge in [0.2, 0.25) is 5.91 Å². The van der Waals surface area contributed by atoms with E-state index in [9.17, 15) is 9.59 Å². The van der Waals surface area contributed by atoms with Crippen molar-refractivity contribution < 1.29 is 9.59 Å². The van der Waals surface area contributed by atoms with E-state index in [2.05, 4.69) is 4.98 Å². The van der Waals surface area contributed by atoms with Crippen molar-refractivity contribution in [3.8, 4) is 0 Å². The first-order valence-corrected chi connectivity index (χ1v) is 7.26. The lowest BCUT2D eigenvalue weighted by Crippen LogP contribution is -2.51. The Kier molecular flexibility index (Phi) is 4.90. The van der Waals surface area contributed by atoms with Crippen LogP contribution in [0.25, 0.3) is 0 Å². The Labute approximate surface area is 124 Å². The summed E-state index contributed by atoms with van der Waals surface area (Å²) in [6.07, 6.45) is 1.61. The SMILES string of the molecule is CC(C)C(=O)N1CCN(C(=O)c2ccnc(CN)c2)CC1. The van der Waals surface area contributed by atoms with Gasteiger partial charge >= 0.3 is 0 Å². The lowest BCUT2D eigenvalue weighted by atomic mass is 10.1. The number of carbonyl (C=O) groups is 2. The molecular formula is C15H22N4O2. The number of pyridine rings is 1. The van der Waals surface area contributed by atoms with Crippen molar-refractivity contribution in [2.24, 2.45) is 11.7 Å². The van der Waals surface area contributed by atoms with Crippen LogP contribution in [-0.2, 0) is 11.3 Å². The van der Waals surface area contributed by atoms with Gasteiger partial charge < -0.3 is 15.5 Å². The van der Waals surface area contributed by atoms with E-state index in [0.717, 1.165) is 0 Å². The lowest BCUT2D eigenvalue weighted by Gasteiger charge is -2.35. The summed E-state index contributed by atoms with van der Waals surface area (Å²) in [4.78, 5) is 32.1. The second-order valence-corrected chi connectivity index (χ2v) is 5.51. The Balaban J connectivity index is 1.98. The van der Waals surface area contributed by atoms with Crippen LogP contribution in [0.1, 0.15) is 29.9 Å². The van der Waals surface area contributed by atoms with Crippen molar-refractivity contribution in [2.45, 2.75) is 20.4 Å². The van der Waals surface area contributed by atoms with Crippen LogP contribution in [0, 0.1) is 5.92 Å². The molecular weight excluding hydrogens is 268 g/mol. The van der Waals surface area contributed by atoms with Crippen LogP contribution in [0.5, 0.6) is 0 Å². The Morgan fingerprint density at radius 1 is 1.24 bits per heavy atom. The van der Waals surface area contributed by atoms with Crippen LogP contribution >= 0.6 is 0 Å². The predicted octanol–water partition coefficient (Wildman–Crippen LogP) is 0.481. The third-order valence-corrected chi connectivity index (χ3v) is 3.65. The van der Waals surface area contributed by atoms with E-state index >= 15 is 0 Å². The van der Waals surface area contributed by atoms with E-state index in [1.54, 1.807) is 23.2 Å². The maximum Gasteiger partial charge on any atom is 0.254 e. The number of nitrogens with zero attached hydrogens (tertiary/aromatic N) is 3. The van der Waals surface area contributed by atoms with Gasteiger partial charge in [0.05, 0.1) is 5.69 Å². The van der Waals surface area contributed by atoms with Crippen LogP contribution < -0.4 is 5.73 Å². The molecule has 2 amide bonds. The molecule has 1 saturated heterocycles. The molecule has 0 saturated carbocycles. The molecule has 0 aromatic carbocycles. The number of aromatic nitrogens is 1. The quantitative estimate of drug-likeness (QED) is 0.878. The Hall–Kier alpha value is -1.95. The summed E-state index contributed by atoms with van der Waals surface area (Å²) in [6, 6.07) is 3.43. The number of nitrogens with two attached hydrogens (primary N) is 1. The summed E-state index contributed by atoms with van der Waals surface area (Å²) in [7, 11) is 0. The minimum atomic E-state index is -0.0243. The zero-order valence-electron chi connectivity index (χ0n) is 12.6. The molecule has 0 bridgehead atoms. The van der Waals surface area contributed by atoms with Gasteiger partial charge in [-0.3, -0.25) is 14.6 Å². The number of carbonyl (C=O) groups excluding carboxylic acids is 2. The molecule has 1 aromatic rings. The summed E-state index contributed by atoms with van der Waals surface area (Å²) in [6.45, 7) is 6.43. The number of hydrogen-bond acceptors (Lipinski definition) is 4. The van der Waals surface area contributed by atoms with E-state index in [4.69, 9.17) is 5.73 Å². The van der Waals surface area contributed by atoms with Gasteiger partial charge in [-0.15, -0.1) is 0 Å². The highest BCUT2D eigenvalue weighted by molar-refractivity contribution is 5.94. The lowest BCUT2D eigenvalue weighted by molar-refractivity contribution is -0.135. The normalized spacial score (nSPS) is 15.4. The predicted molar refractivity (Wildman–Crippen MR) is 79.4 cm³/mol. The van der Waals surface area contributed by atoms with Gasteiger partial charge in [0.15, 0.2) is 0 Å². The minimum Gasteiger partial charge on any atom is -0.339 e. The largest absolute Gasteiger partial charge is 0.339 e. The average Bonchev–Trinajstić information content (AvgIpc) is 2.53. The van der Waals surface area contributed by atoms with Gasteiger partial charge in [0.1, 0.15) is 0 Å². The summed E-state index contributed by atoms with van der Waals surface area (Å²) < 4.78 is 0. The molecule has 0 spiro atoms. The standard InChI is InChI=1S/C15H22N4O2/c1-11(2)14(20)18-5-7-19(8-6-18)15(21)12-3-4-17-13(9-12)10-16/h3-4,9,11H,5-8,10,16H2,1-2H3. The molecule has 2 N–H and O–H groups in total. The molecule has 1 aromatic heterocycles. The Morgan fingerprint density at radius 2 is 1.86 bits per heavy atom. The Bertz CT molecular complexity index is 522. The van der Waals surface area contributed by atoms with E-state index in [-0.39, 0.29) is 17.7 Å². The van der Waals surface area contributed by atoms with Crippen molar-refractivity contribution in [3.63, 3.8) is 0 Å². The van der Waals surface area contributed by atoms with Crippen molar-refractivity contribution in [1.29, 1.82) is 0 Å². The second-order valence-electron chi connectivity index (χ2n) is 5.51. The van der Waals surface area contributed by atoms with Crippen molar-refractivity contribution in [2.75, 3.05) is 26.2 Å². The summed E-state index contributed by atoms with van der Waals surface area (Å²) >= 11 is 0. The summed E-state index contributed by atoms with van der Waals surface area (Å²) in [5.74, 6) is 0.125. The minimum absolute atomic E-state index is 0.000406. The fourth-order valence-corrected chi connectivity index (χ4v) is 2.40. The molecule has 6 heteroatoms. The van der Waals surface area contributed by atoms with Gasteiger partial charge in [-0.1, -0.05) is 13.8 Å². The third-order valence-electron chi connectivity index (χ3n) is 3.65. The number of piperazine rings is 1. The number of amides is 2. The van der Waals surface area contributed by atoms with Gasteiger partial charge in [0.25, 0.3) is 5.91 Å². The van der Waals surface area contributed by atoms with Crippen LogP contribution in [0.3, 0.4) is 0 Å². The molecule has 0 aliphatic carbocycles. The molecule has 0 unspecified atom stereocenters. The molecule has 2 rings (SSSR count). The zero-order valence-corrected chi connectivity index (χ0v) is 12.6. The zero-order chi connectivity index (χ0) is 15.4. The highest BCUT2D eigenvalue weighted by Gasteiger charge is 2.25. The molecule has 1 aliphatic heterocycles. The van der Waals surface area contributed by atoms with Crippen molar-refractivity contribution in [1.82, 2.24) is 14.8 Å². The van der Waals surface area contributed by atoms with Crippen LogP contribution in [0.4, 0.5) is 0 Å². The molecule has 114 valence electrons. The van der Waals surface area contributed by atoms with Gasteiger partial charge in [-0.2, -0.15) is 0 Å². The molecule has 2 heterocycles. The number of hydrogen-bond donors (Lipinski definition) is 1. The summed E-state index contributed by atoms with van der Waals surface area (Å²) in [5, 5.41) is 0. The van der Waals surface area contributed by atoms with E-state index in [1.165, 1.54) is 0 Å². The van der Waals surface area contributed by atoms with Gasteiger partial charge in [-0.05, 0) is 12.1 Å². The molecule has 0 radical (unpaired) electrons. The van der Waals surface area contributed by atoms with E-state index < -0.39 is 0 Å². The van der Waals surface area contributed by atoms with E-state index in [0.29, 0.717) is 44.0 Å². The first-order chi connectivity index (χ1) is 10.0. The fraction of sp³-hybridized carbons (Fsp3) is 0.533. The van der Waals surface area contributed by atoms with Crippen molar-refractivity contribution in [3.05, 3.63) is 29.6 Å². The Morgan fingerprint density at radius 3 is 2.43 bits per heavy atom. The average molecular weight is 290 g/mol. The van der Waals surface area contributed by atoms with Crippen molar-refractivity contribution >= 4 is 11.8 Å². The van der Waals surface area contributed by atoms with Gasteiger partial charge in [0, 0.05) is 50.4 Å². The molecule has 1 fully saturated rings. The van der Waals surface area contributed by atoms with Crippen LogP contribution in [-0.4, -0.2) is 52.8 Å². The topological polar surface area (TPSA) is 79.5 Å². The van der Waals surface area contributed by atoms with Crippen LogP contribution in [0.15, 0.2) is 18.3 Å². The highest BCUT2D eigenvalue weighted by Crippen LogP contribution is 2.11. The molecule has 21 heavy (non-hydrogen) atoms. The maximum atomic E-state index is 12.4. The van der Waals surface area contributed by atoms with E-state index in [1.807, 2.05) is 18.7 Å². The molecule has 0 atom stereocenters. The fourth-order valence-electron chi connectivity index (χ4n) is 2.40.